The molecule has 1 N–H and O–H groups in total. The molecule has 0 saturated carbocycles. The van der Waals surface area contributed by atoms with Crippen molar-refractivity contribution in [3.8, 4) is 0 Å². The van der Waals surface area contributed by atoms with E-state index in [4.69, 9.17) is 11.6 Å². The molecule has 0 spiro atoms. The average Bonchev–Trinajstić information content (AvgIpc) is 2.83. The molecule has 0 aromatic carbocycles. The van der Waals surface area contributed by atoms with Crippen LogP contribution in [0.3, 0.4) is 0 Å². The summed E-state index contributed by atoms with van der Waals surface area (Å²) in [6.45, 7) is 6.39. The maximum Gasteiger partial charge on any atom is 0.282 e. The number of nitrogens with one attached hydrogen (secondary N) is 1. The molecule has 0 unspecified atom stereocenters. The first-order valence-electron chi connectivity index (χ1n) is 6.64. The smallest absolute Gasteiger partial charge is 0.282 e. The Balaban J connectivity index is 1.60. The van der Waals surface area contributed by atoms with Crippen LogP contribution in [0.15, 0.2) is 0 Å². The molecular weight excluding hydrogens is 284 g/mol. The van der Waals surface area contributed by atoms with Crippen LogP contribution in [0.2, 0.25) is 4.47 Å². The Hall–Kier alpha value is -0.720. The molecule has 0 aliphatic carbocycles. The van der Waals surface area contributed by atoms with Crippen LogP contribution in [0.5, 0.6) is 0 Å². The number of likely N-dealkylation sites (tertiary alicyclic amines) is 1. The number of carbonyl (C=O) groups is 1. The molecule has 7 heteroatoms. The predicted molar refractivity (Wildman–Crippen MR) is 76.7 cm³/mol. The lowest BCUT2D eigenvalue weighted by Crippen LogP contribution is -2.35. The molecule has 2 rings (SSSR count). The number of carbonyl (C=O) groups excluding carboxylic acids is 1. The summed E-state index contributed by atoms with van der Waals surface area (Å²) in [4.78, 5) is 14.1. The standard InChI is InChI=1S/C12H19ClN4OS/c1-9-3-7-17(8-4-9)6-2-5-14-10(18)11-15-16-12(13)19-11/h9H,2-8H2,1H3,(H,14,18). The Labute approximate surface area is 122 Å². The van der Waals surface area contributed by atoms with Gasteiger partial charge >= 0.3 is 0 Å². The summed E-state index contributed by atoms with van der Waals surface area (Å²) in [5, 5.41) is 10.5. The highest BCUT2D eigenvalue weighted by Gasteiger charge is 2.15. The summed E-state index contributed by atoms with van der Waals surface area (Å²) in [5.41, 5.74) is 0. The van der Waals surface area contributed by atoms with E-state index in [-0.39, 0.29) is 5.91 Å². The Morgan fingerprint density at radius 1 is 1.47 bits per heavy atom. The summed E-state index contributed by atoms with van der Waals surface area (Å²) in [7, 11) is 0. The minimum absolute atomic E-state index is 0.184. The van der Waals surface area contributed by atoms with Crippen LogP contribution < -0.4 is 5.32 Å². The zero-order chi connectivity index (χ0) is 13.7. The lowest BCUT2D eigenvalue weighted by Gasteiger charge is -2.30. The SMILES string of the molecule is CC1CCN(CCCNC(=O)c2nnc(Cl)s2)CC1. The summed E-state index contributed by atoms with van der Waals surface area (Å²) < 4.78 is 0.299. The van der Waals surface area contributed by atoms with Crippen LogP contribution in [0.4, 0.5) is 0 Å². The fourth-order valence-corrected chi connectivity index (χ4v) is 2.91. The van der Waals surface area contributed by atoms with Crippen molar-refractivity contribution in [2.75, 3.05) is 26.2 Å². The van der Waals surface area contributed by atoms with Gasteiger partial charge in [-0.1, -0.05) is 18.3 Å². The number of amides is 1. The number of hydrogen-bond acceptors (Lipinski definition) is 5. The third-order valence-corrected chi connectivity index (χ3v) is 4.43. The highest BCUT2D eigenvalue weighted by Crippen LogP contribution is 2.16. The summed E-state index contributed by atoms with van der Waals surface area (Å²) >= 11 is 6.74. The summed E-state index contributed by atoms with van der Waals surface area (Å²) in [5.74, 6) is 0.676. The van der Waals surface area contributed by atoms with Crippen LogP contribution in [0.25, 0.3) is 0 Å². The predicted octanol–water partition coefficient (Wildman–Crippen LogP) is 2.04. The van der Waals surface area contributed by atoms with Gasteiger partial charge < -0.3 is 10.2 Å². The maximum absolute atomic E-state index is 11.7. The Bertz CT molecular complexity index is 418. The van der Waals surface area contributed by atoms with Crippen molar-refractivity contribution in [2.45, 2.75) is 26.2 Å². The van der Waals surface area contributed by atoms with E-state index in [1.54, 1.807) is 0 Å². The van der Waals surface area contributed by atoms with Crippen LogP contribution in [0.1, 0.15) is 36.0 Å². The monoisotopic (exact) mass is 302 g/mol. The lowest BCUT2D eigenvalue weighted by molar-refractivity contribution is 0.0949. The number of rotatable bonds is 5. The summed E-state index contributed by atoms with van der Waals surface area (Å²) in [6, 6.07) is 0. The third kappa shape index (κ3) is 4.71. The number of piperidine rings is 1. The Morgan fingerprint density at radius 2 is 2.21 bits per heavy atom. The molecule has 1 aliphatic rings. The van der Waals surface area contributed by atoms with Gasteiger partial charge in [0.05, 0.1) is 0 Å². The average molecular weight is 303 g/mol. The van der Waals surface area contributed by atoms with Crippen molar-refractivity contribution >= 4 is 28.8 Å². The van der Waals surface area contributed by atoms with Gasteiger partial charge in [-0.15, -0.1) is 10.2 Å². The van der Waals surface area contributed by atoms with Crippen LogP contribution >= 0.6 is 22.9 Å². The first-order chi connectivity index (χ1) is 9.15. The zero-order valence-corrected chi connectivity index (χ0v) is 12.6. The largest absolute Gasteiger partial charge is 0.350 e. The Kier molecular flexibility index (Phi) is 5.54. The van der Waals surface area contributed by atoms with Gasteiger partial charge in [-0.3, -0.25) is 4.79 Å². The fraction of sp³-hybridized carbons (Fsp3) is 0.750. The molecule has 1 aliphatic heterocycles. The molecule has 5 nitrogen and oxygen atoms in total. The molecule has 0 atom stereocenters. The molecule has 0 radical (unpaired) electrons. The molecule has 0 bridgehead atoms. The highest BCUT2D eigenvalue weighted by molar-refractivity contribution is 7.17. The molecule has 1 amide bonds. The van der Waals surface area contributed by atoms with Gasteiger partial charge in [0.1, 0.15) is 0 Å². The summed E-state index contributed by atoms with van der Waals surface area (Å²) in [6.07, 6.45) is 3.54. The second-order valence-corrected chi connectivity index (χ2v) is 6.55. The van der Waals surface area contributed by atoms with Gasteiger partial charge in [-0.05, 0) is 56.4 Å². The lowest BCUT2D eigenvalue weighted by atomic mass is 9.99. The van der Waals surface area contributed by atoms with E-state index in [0.29, 0.717) is 16.0 Å². The third-order valence-electron chi connectivity index (χ3n) is 3.41. The first kappa shape index (κ1) is 14.7. The van der Waals surface area contributed by atoms with Gasteiger partial charge in [-0.25, -0.2) is 0 Å². The molecule has 1 aromatic heterocycles. The molecule has 1 fully saturated rings. The van der Waals surface area contributed by atoms with Crippen molar-refractivity contribution in [1.82, 2.24) is 20.4 Å². The van der Waals surface area contributed by atoms with E-state index in [1.807, 2.05) is 0 Å². The van der Waals surface area contributed by atoms with Crippen molar-refractivity contribution in [2.24, 2.45) is 5.92 Å². The van der Waals surface area contributed by atoms with Crippen molar-refractivity contribution in [1.29, 1.82) is 0 Å². The Morgan fingerprint density at radius 3 is 2.84 bits per heavy atom. The van der Waals surface area contributed by atoms with Crippen LogP contribution in [-0.4, -0.2) is 47.2 Å². The number of hydrogen-bond donors (Lipinski definition) is 1. The van der Waals surface area contributed by atoms with Crippen molar-refractivity contribution in [3.05, 3.63) is 9.47 Å². The van der Waals surface area contributed by atoms with Crippen molar-refractivity contribution in [3.63, 3.8) is 0 Å². The van der Waals surface area contributed by atoms with E-state index < -0.39 is 0 Å². The maximum atomic E-state index is 11.7. The molecule has 19 heavy (non-hydrogen) atoms. The number of nitrogens with zero attached hydrogens (tertiary/aromatic N) is 3. The molecule has 106 valence electrons. The molecule has 2 heterocycles. The quantitative estimate of drug-likeness (QED) is 0.846. The molecule has 1 saturated heterocycles. The second kappa shape index (κ2) is 7.17. The molecule has 1 aromatic rings. The second-order valence-electron chi connectivity index (χ2n) is 4.99. The van der Waals surface area contributed by atoms with Crippen molar-refractivity contribution < 1.29 is 4.79 Å². The van der Waals surface area contributed by atoms with Gasteiger partial charge in [0.2, 0.25) is 9.47 Å². The van der Waals surface area contributed by atoms with Crippen LogP contribution in [-0.2, 0) is 0 Å². The van der Waals surface area contributed by atoms with Gasteiger partial charge in [0.15, 0.2) is 0 Å². The highest BCUT2D eigenvalue weighted by atomic mass is 35.5. The van der Waals surface area contributed by atoms with Gasteiger partial charge in [-0.2, -0.15) is 0 Å². The number of aromatic nitrogens is 2. The zero-order valence-electron chi connectivity index (χ0n) is 11.1. The van der Waals surface area contributed by atoms with E-state index in [2.05, 4.69) is 27.3 Å². The van der Waals surface area contributed by atoms with E-state index in [1.165, 1.54) is 25.9 Å². The van der Waals surface area contributed by atoms with Crippen LogP contribution in [0, 0.1) is 5.92 Å². The number of halogens is 1. The van der Waals surface area contributed by atoms with Gasteiger partial charge in [0, 0.05) is 6.54 Å². The topological polar surface area (TPSA) is 58.1 Å². The van der Waals surface area contributed by atoms with E-state index in [0.717, 1.165) is 30.2 Å². The molecular formula is C12H19ClN4OS. The fourth-order valence-electron chi connectivity index (χ4n) is 2.16. The van der Waals surface area contributed by atoms with Gasteiger partial charge in [0.25, 0.3) is 5.91 Å². The minimum Gasteiger partial charge on any atom is -0.350 e. The van der Waals surface area contributed by atoms with E-state index in [9.17, 15) is 4.79 Å². The normalized spacial score (nSPS) is 17.6. The minimum atomic E-state index is -0.184. The first-order valence-corrected chi connectivity index (χ1v) is 7.84. The van der Waals surface area contributed by atoms with E-state index >= 15 is 0 Å².